The normalized spacial score (nSPS) is 13.3. The zero-order chi connectivity index (χ0) is 17.0. The first-order valence-electron chi connectivity index (χ1n) is 7.66. The van der Waals surface area contributed by atoms with Gasteiger partial charge in [-0.15, -0.1) is 0 Å². The van der Waals surface area contributed by atoms with E-state index >= 15 is 0 Å². The standard InChI is InChI=1S/C19H22ClNO2/c1-12-5-7-16(8-6-12)14(3)21-19(22)15(4)23-17-9-10-18(20)13(2)11-17/h5-11,14-15H,1-4H3,(H,21,22)/t14-,15-/m0/s1. The largest absolute Gasteiger partial charge is 0.481 e. The van der Waals surface area contributed by atoms with Gasteiger partial charge < -0.3 is 10.1 Å². The van der Waals surface area contributed by atoms with Crippen LogP contribution in [0.2, 0.25) is 5.02 Å². The fourth-order valence-electron chi connectivity index (χ4n) is 2.22. The molecular formula is C19H22ClNO2. The number of hydrogen-bond donors (Lipinski definition) is 1. The molecule has 3 nitrogen and oxygen atoms in total. The lowest BCUT2D eigenvalue weighted by molar-refractivity contribution is -0.127. The zero-order valence-electron chi connectivity index (χ0n) is 13.9. The third kappa shape index (κ3) is 4.73. The minimum absolute atomic E-state index is 0.0684. The number of carbonyl (C=O) groups excluding carboxylic acids is 1. The van der Waals surface area contributed by atoms with Gasteiger partial charge >= 0.3 is 0 Å². The molecule has 1 amide bonds. The molecule has 23 heavy (non-hydrogen) atoms. The monoisotopic (exact) mass is 331 g/mol. The molecule has 0 bridgehead atoms. The number of hydrogen-bond acceptors (Lipinski definition) is 2. The van der Waals surface area contributed by atoms with Gasteiger partial charge in [0.25, 0.3) is 5.91 Å². The number of carbonyl (C=O) groups is 1. The van der Waals surface area contributed by atoms with Gasteiger partial charge in [-0.2, -0.15) is 0 Å². The van der Waals surface area contributed by atoms with Crippen LogP contribution >= 0.6 is 11.6 Å². The highest BCUT2D eigenvalue weighted by atomic mass is 35.5. The molecule has 0 saturated heterocycles. The van der Waals surface area contributed by atoms with Gasteiger partial charge in [0.2, 0.25) is 0 Å². The first kappa shape index (κ1) is 17.4. The summed E-state index contributed by atoms with van der Waals surface area (Å²) in [6.45, 7) is 7.64. The van der Waals surface area contributed by atoms with E-state index in [1.54, 1.807) is 19.1 Å². The van der Waals surface area contributed by atoms with Gasteiger partial charge in [-0.3, -0.25) is 4.79 Å². The molecule has 0 spiro atoms. The third-order valence-electron chi connectivity index (χ3n) is 3.75. The zero-order valence-corrected chi connectivity index (χ0v) is 14.6. The number of ether oxygens (including phenoxy) is 1. The van der Waals surface area contributed by atoms with E-state index in [4.69, 9.17) is 16.3 Å². The average Bonchev–Trinajstić information content (AvgIpc) is 2.51. The summed E-state index contributed by atoms with van der Waals surface area (Å²) in [5.41, 5.74) is 3.19. The molecule has 0 aliphatic heterocycles. The highest BCUT2D eigenvalue weighted by Gasteiger charge is 2.18. The van der Waals surface area contributed by atoms with E-state index in [1.165, 1.54) is 5.56 Å². The van der Waals surface area contributed by atoms with Crippen LogP contribution in [0.25, 0.3) is 0 Å². The van der Waals surface area contributed by atoms with Crippen molar-refractivity contribution >= 4 is 17.5 Å². The van der Waals surface area contributed by atoms with Gasteiger partial charge in [0.1, 0.15) is 5.75 Å². The van der Waals surface area contributed by atoms with Crippen LogP contribution in [0.5, 0.6) is 5.75 Å². The average molecular weight is 332 g/mol. The molecule has 0 saturated carbocycles. The maximum absolute atomic E-state index is 12.3. The van der Waals surface area contributed by atoms with E-state index in [2.05, 4.69) is 5.32 Å². The van der Waals surface area contributed by atoms with Crippen molar-refractivity contribution in [1.82, 2.24) is 5.32 Å². The van der Waals surface area contributed by atoms with Crippen LogP contribution < -0.4 is 10.1 Å². The minimum Gasteiger partial charge on any atom is -0.481 e. The maximum atomic E-state index is 12.3. The summed E-state index contributed by atoms with van der Waals surface area (Å²) in [5, 5.41) is 3.65. The maximum Gasteiger partial charge on any atom is 0.261 e. The number of amides is 1. The molecule has 2 aromatic rings. The molecule has 1 N–H and O–H groups in total. The Labute approximate surface area is 142 Å². The summed E-state index contributed by atoms with van der Waals surface area (Å²) in [7, 11) is 0. The molecule has 0 unspecified atom stereocenters. The molecule has 0 heterocycles. The Kier molecular flexibility index (Phi) is 5.67. The van der Waals surface area contributed by atoms with Crippen LogP contribution in [0.1, 0.15) is 36.6 Å². The number of benzene rings is 2. The van der Waals surface area contributed by atoms with Gasteiger partial charge in [0.05, 0.1) is 6.04 Å². The molecule has 0 fully saturated rings. The third-order valence-corrected chi connectivity index (χ3v) is 4.17. The fourth-order valence-corrected chi connectivity index (χ4v) is 2.33. The van der Waals surface area contributed by atoms with Crippen molar-refractivity contribution in [3.8, 4) is 5.75 Å². The van der Waals surface area contributed by atoms with E-state index < -0.39 is 6.10 Å². The Balaban J connectivity index is 1.96. The van der Waals surface area contributed by atoms with E-state index in [1.807, 2.05) is 51.1 Å². The summed E-state index contributed by atoms with van der Waals surface area (Å²) in [4.78, 5) is 12.3. The van der Waals surface area contributed by atoms with Crippen molar-refractivity contribution in [1.29, 1.82) is 0 Å². The van der Waals surface area contributed by atoms with Crippen molar-refractivity contribution in [2.75, 3.05) is 0 Å². The lowest BCUT2D eigenvalue weighted by atomic mass is 10.1. The topological polar surface area (TPSA) is 38.3 Å². The summed E-state index contributed by atoms with van der Waals surface area (Å²) in [5.74, 6) is 0.489. The van der Waals surface area contributed by atoms with E-state index in [0.717, 1.165) is 11.1 Å². The summed E-state index contributed by atoms with van der Waals surface area (Å²) >= 11 is 5.99. The lowest BCUT2D eigenvalue weighted by Gasteiger charge is -2.19. The quantitative estimate of drug-likeness (QED) is 0.869. The van der Waals surface area contributed by atoms with E-state index in [-0.39, 0.29) is 11.9 Å². The van der Waals surface area contributed by atoms with Crippen LogP contribution in [-0.4, -0.2) is 12.0 Å². The summed E-state index contributed by atoms with van der Waals surface area (Å²) in [6, 6.07) is 13.4. The van der Waals surface area contributed by atoms with Crippen LogP contribution in [0.3, 0.4) is 0 Å². The van der Waals surface area contributed by atoms with Crippen molar-refractivity contribution < 1.29 is 9.53 Å². The van der Waals surface area contributed by atoms with Crippen molar-refractivity contribution in [3.05, 3.63) is 64.2 Å². The second kappa shape index (κ2) is 7.51. The molecule has 122 valence electrons. The first-order valence-corrected chi connectivity index (χ1v) is 8.04. The second-order valence-corrected chi connectivity index (χ2v) is 6.22. The number of rotatable bonds is 5. The molecule has 4 heteroatoms. The molecular weight excluding hydrogens is 310 g/mol. The van der Waals surface area contributed by atoms with E-state index in [0.29, 0.717) is 10.8 Å². The van der Waals surface area contributed by atoms with Crippen LogP contribution in [0, 0.1) is 13.8 Å². The van der Waals surface area contributed by atoms with Crippen LogP contribution in [-0.2, 0) is 4.79 Å². The van der Waals surface area contributed by atoms with Gasteiger partial charge in [0, 0.05) is 5.02 Å². The SMILES string of the molecule is Cc1ccc([C@H](C)NC(=O)[C@H](C)Oc2ccc(Cl)c(C)c2)cc1. The molecule has 0 radical (unpaired) electrons. The molecule has 2 aromatic carbocycles. The highest BCUT2D eigenvalue weighted by molar-refractivity contribution is 6.31. The Morgan fingerprint density at radius 1 is 1.09 bits per heavy atom. The Morgan fingerprint density at radius 3 is 2.35 bits per heavy atom. The van der Waals surface area contributed by atoms with Crippen molar-refractivity contribution in [3.63, 3.8) is 0 Å². The van der Waals surface area contributed by atoms with Gasteiger partial charge in [-0.25, -0.2) is 0 Å². The summed E-state index contributed by atoms with van der Waals surface area (Å²) < 4.78 is 5.70. The Morgan fingerprint density at radius 2 is 1.74 bits per heavy atom. The van der Waals surface area contributed by atoms with Crippen LogP contribution in [0.4, 0.5) is 0 Å². The predicted octanol–water partition coefficient (Wildman–Crippen LogP) is 4.60. The highest BCUT2D eigenvalue weighted by Crippen LogP contribution is 2.22. The number of halogens is 1. The van der Waals surface area contributed by atoms with Gasteiger partial charge in [0.15, 0.2) is 6.10 Å². The van der Waals surface area contributed by atoms with Crippen LogP contribution in [0.15, 0.2) is 42.5 Å². The van der Waals surface area contributed by atoms with Crippen molar-refractivity contribution in [2.45, 2.75) is 39.8 Å². The Hall–Kier alpha value is -2.00. The fraction of sp³-hybridized carbons (Fsp3) is 0.316. The smallest absolute Gasteiger partial charge is 0.261 e. The molecule has 0 aliphatic rings. The predicted molar refractivity (Wildman–Crippen MR) is 94.0 cm³/mol. The first-order chi connectivity index (χ1) is 10.9. The second-order valence-electron chi connectivity index (χ2n) is 5.81. The number of nitrogens with one attached hydrogen (secondary N) is 1. The van der Waals surface area contributed by atoms with Gasteiger partial charge in [-0.1, -0.05) is 41.4 Å². The molecule has 2 atom stereocenters. The van der Waals surface area contributed by atoms with Gasteiger partial charge in [-0.05, 0) is 57.0 Å². The van der Waals surface area contributed by atoms with Crippen molar-refractivity contribution in [2.24, 2.45) is 0 Å². The molecule has 0 aliphatic carbocycles. The lowest BCUT2D eigenvalue weighted by Crippen LogP contribution is -2.37. The molecule has 2 rings (SSSR count). The number of aryl methyl sites for hydroxylation is 2. The summed E-state index contributed by atoms with van der Waals surface area (Å²) in [6.07, 6.45) is -0.580. The van der Waals surface area contributed by atoms with E-state index in [9.17, 15) is 4.79 Å². The Bertz CT molecular complexity index is 682. The minimum atomic E-state index is -0.580. The molecule has 0 aromatic heterocycles.